The Kier molecular flexibility index (Phi) is 4.12. The molecule has 0 saturated carbocycles. The molecule has 0 unspecified atom stereocenters. The van der Waals surface area contributed by atoms with E-state index < -0.39 is 5.97 Å². The quantitative estimate of drug-likeness (QED) is 0.733. The Morgan fingerprint density at radius 3 is 2.59 bits per heavy atom. The third-order valence-corrected chi connectivity index (χ3v) is 2.75. The number of aliphatic hydroxyl groups is 1. The van der Waals surface area contributed by atoms with Crippen LogP contribution in [0, 0.1) is 12.3 Å². The minimum atomic E-state index is -0.924. The van der Waals surface area contributed by atoms with Crippen LogP contribution in [0.4, 0.5) is 5.69 Å². The van der Waals surface area contributed by atoms with Gasteiger partial charge in [0.2, 0.25) is 0 Å². The Hall–Kier alpha value is -1.55. The number of hydrogen-bond acceptors (Lipinski definition) is 3. The molecule has 0 atom stereocenters. The molecule has 0 saturated heterocycles. The van der Waals surface area contributed by atoms with E-state index in [9.17, 15) is 4.79 Å². The third-order valence-electron chi connectivity index (χ3n) is 2.75. The van der Waals surface area contributed by atoms with Crippen LogP contribution in [0.1, 0.15) is 29.8 Å². The van der Waals surface area contributed by atoms with Gasteiger partial charge in [0.1, 0.15) is 0 Å². The van der Waals surface area contributed by atoms with E-state index in [0.717, 1.165) is 5.69 Å². The lowest BCUT2D eigenvalue weighted by Crippen LogP contribution is -2.27. The molecule has 1 rings (SSSR count). The number of carboxylic acids is 1. The molecule has 0 spiro atoms. The molecule has 0 radical (unpaired) electrons. The molecule has 0 aliphatic carbocycles. The van der Waals surface area contributed by atoms with Crippen molar-refractivity contribution in [3.8, 4) is 0 Å². The zero-order valence-corrected chi connectivity index (χ0v) is 10.4. The molecule has 0 fully saturated rings. The van der Waals surface area contributed by atoms with Crippen LogP contribution in [0.5, 0.6) is 0 Å². The molecule has 1 aromatic rings. The highest BCUT2D eigenvalue weighted by Crippen LogP contribution is 2.21. The predicted octanol–water partition coefficient (Wildman–Crippen LogP) is 2.12. The van der Waals surface area contributed by atoms with Crippen molar-refractivity contribution in [2.24, 2.45) is 5.41 Å². The van der Waals surface area contributed by atoms with Crippen molar-refractivity contribution >= 4 is 11.7 Å². The standard InChI is InChI=1S/C13H19NO3/c1-9-10(12(16)17)5-4-6-11(9)14-7-13(2,3)8-15/h4-6,14-15H,7-8H2,1-3H3,(H,16,17). The zero-order chi connectivity index (χ0) is 13.1. The van der Waals surface area contributed by atoms with Crippen LogP contribution in [0.25, 0.3) is 0 Å². The summed E-state index contributed by atoms with van der Waals surface area (Å²) < 4.78 is 0. The fourth-order valence-electron chi connectivity index (χ4n) is 1.45. The van der Waals surface area contributed by atoms with Gasteiger partial charge in [0, 0.05) is 24.3 Å². The van der Waals surface area contributed by atoms with Crippen LogP contribution in [0.2, 0.25) is 0 Å². The van der Waals surface area contributed by atoms with Gasteiger partial charge >= 0.3 is 5.97 Å². The van der Waals surface area contributed by atoms with Gasteiger partial charge in [-0.2, -0.15) is 0 Å². The van der Waals surface area contributed by atoms with Crippen molar-refractivity contribution < 1.29 is 15.0 Å². The second-order valence-electron chi connectivity index (χ2n) is 4.96. The summed E-state index contributed by atoms with van der Waals surface area (Å²) in [6, 6.07) is 5.14. The normalized spacial score (nSPS) is 11.3. The lowest BCUT2D eigenvalue weighted by atomic mass is 9.94. The Bertz CT molecular complexity index is 413. The van der Waals surface area contributed by atoms with E-state index in [2.05, 4.69) is 5.32 Å². The number of rotatable bonds is 5. The lowest BCUT2D eigenvalue weighted by Gasteiger charge is -2.23. The average Bonchev–Trinajstić information content (AvgIpc) is 2.27. The lowest BCUT2D eigenvalue weighted by molar-refractivity contribution is 0.0696. The number of hydrogen-bond donors (Lipinski definition) is 3. The topological polar surface area (TPSA) is 69.6 Å². The van der Waals surface area contributed by atoms with Gasteiger partial charge in [0.05, 0.1) is 5.56 Å². The van der Waals surface area contributed by atoms with E-state index in [4.69, 9.17) is 10.2 Å². The fourth-order valence-corrected chi connectivity index (χ4v) is 1.45. The Balaban J connectivity index is 2.86. The van der Waals surface area contributed by atoms with Crippen molar-refractivity contribution in [2.75, 3.05) is 18.5 Å². The first kappa shape index (κ1) is 13.5. The first-order chi connectivity index (χ1) is 7.87. The number of carboxylic acid groups (broad SMARTS) is 1. The third kappa shape index (κ3) is 3.46. The number of carbonyl (C=O) groups is 1. The first-order valence-corrected chi connectivity index (χ1v) is 5.55. The molecule has 1 aromatic carbocycles. The maximum Gasteiger partial charge on any atom is 0.336 e. The second kappa shape index (κ2) is 5.19. The van der Waals surface area contributed by atoms with Crippen LogP contribution in [-0.2, 0) is 0 Å². The molecule has 0 aliphatic heterocycles. The summed E-state index contributed by atoms with van der Waals surface area (Å²) in [4.78, 5) is 11.0. The molecule has 17 heavy (non-hydrogen) atoms. The zero-order valence-electron chi connectivity index (χ0n) is 10.4. The summed E-state index contributed by atoms with van der Waals surface area (Å²) >= 11 is 0. The van der Waals surface area contributed by atoms with Crippen molar-refractivity contribution in [3.63, 3.8) is 0 Å². The molecular weight excluding hydrogens is 218 g/mol. The Morgan fingerprint density at radius 2 is 2.06 bits per heavy atom. The van der Waals surface area contributed by atoms with E-state index in [0.29, 0.717) is 17.7 Å². The number of nitrogens with one attached hydrogen (secondary N) is 1. The maximum atomic E-state index is 11.0. The number of aliphatic hydroxyl groups excluding tert-OH is 1. The fraction of sp³-hybridized carbons (Fsp3) is 0.462. The summed E-state index contributed by atoms with van der Waals surface area (Å²) in [6.45, 7) is 6.33. The molecule has 4 heteroatoms. The molecule has 94 valence electrons. The van der Waals surface area contributed by atoms with Gasteiger partial charge < -0.3 is 15.5 Å². The highest BCUT2D eigenvalue weighted by atomic mass is 16.4. The average molecular weight is 237 g/mol. The SMILES string of the molecule is Cc1c(NCC(C)(C)CO)cccc1C(=O)O. The Morgan fingerprint density at radius 1 is 1.41 bits per heavy atom. The van der Waals surface area contributed by atoms with Gasteiger partial charge in [-0.25, -0.2) is 4.79 Å². The van der Waals surface area contributed by atoms with Crippen LogP contribution in [0.15, 0.2) is 18.2 Å². The summed E-state index contributed by atoms with van der Waals surface area (Å²) in [5, 5.41) is 21.3. The van der Waals surface area contributed by atoms with Crippen LogP contribution in [0.3, 0.4) is 0 Å². The predicted molar refractivity (Wildman–Crippen MR) is 67.5 cm³/mol. The van der Waals surface area contributed by atoms with E-state index in [1.54, 1.807) is 19.1 Å². The van der Waals surface area contributed by atoms with E-state index >= 15 is 0 Å². The summed E-state index contributed by atoms with van der Waals surface area (Å²) in [5.74, 6) is -0.924. The number of anilines is 1. The van der Waals surface area contributed by atoms with Gasteiger partial charge in [0.15, 0.2) is 0 Å². The van der Waals surface area contributed by atoms with Crippen LogP contribution < -0.4 is 5.32 Å². The molecule has 4 nitrogen and oxygen atoms in total. The van der Waals surface area contributed by atoms with Crippen molar-refractivity contribution in [1.29, 1.82) is 0 Å². The molecule has 0 aliphatic rings. The van der Waals surface area contributed by atoms with Gasteiger partial charge in [-0.15, -0.1) is 0 Å². The summed E-state index contributed by atoms with van der Waals surface area (Å²) in [7, 11) is 0. The van der Waals surface area contributed by atoms with Crippen LogP contribution >= 0.6 is 0 Å². The van der Waals surface area contributed by atoms with Crippen LogP contribution in [-0.4, -0.2) is 29.3 Å². The molecule has 0 amide bonds. The molecule has 0 heterocycles. The molecule has 3 N–H and O–H groups in total. The van der Waals surface area contributed by atoms with Crippen molar-refractivity contribution in [1.82, 2.24) is 0 Å². The molecule has 0 aromatic heterocycles. The van der Waals surface area contributed by atoms with E-state index in [-0.39, 0.29) is 12.0 Å². The van der Waals surface area contributed by atoms with E-state index in [1.165, 1.54) is 0 Å². The number of benzene rings is 1. The monoisotopic (exact) mass is 237 g/mol. The second-order valence-corrected chi connectivity index (χ2v) is 4.96. The van der Waals surface area contributed by atoms with Gasteiger partial charge in [-0.3, -0.25) is 0 Å². The van der Waals surface area contributed by atoms with Gasteiger partial charge in [0.25, 0.3) is 0 Å². The van der Waals surface area contributed by atoms with E-state index in [1.807, 2.05) is 19.9 Å². The van der Waals surface area contributed by atoms with Crippen molar-refractivity contribution in [3.05, 3.63) is 29.3 Å². The highest BCUT2D eigenvalue weighted by molar-refractivity contribution is 5.91. The van der Waals surface area contributed by atoms with Crippen molar-refractivity contribution in [2.45, 2.75) is 20.8 Å². The Labute approximate surface area is 101 Å². The summed E-state index contributed by atoms with van der Waals surface area (Å²) in [5.41, 5.74) is 1.59. The largest absolute Gasteiger partial charge is 0.478 e. The van der Waals surface area contributed by atoms with Gasteiger partial charge in [-0.1, -0.05) is 19.9 Å². The molecule has 0 bridgehead atoms. The van der Waals surface area contributed by atoms with Gasteiger partial charge in [-0.05, 0) is 24.6 Å². The number of aromatic carboxylic acids is 1. The smallest absolute Gasteiger partial charge is 0.336 e. The maximum absolute atomic E-state index is 11.0. The molecular formula is C13H19NO3. The minimum absolute atomic E-state index is 0.0810. The highest BCUT2D eigenvalue weighted by Gasteiger charge is 2.17. The minimum Gasteiger partial charge on any atom is -0.478 e. The summed E-state index contributed by atoms with van der Waals surface area (Å²) in [6.07, 6.45) is 0. The first-order valence-electron chi connectivity index (χ1n) is 5.55.